The SMILES string of the molecule is CCCCOc1ccc(C(C)(C)C)cc1CC(C)CC=CO. The highest BCUT2D eigenvalue weighted by molar-refractivity contribution is 5.40. The second kappa shape index (κ2) is 8.87. The fraction of sp³-hybridized carbons (Fsp3) is 0.600. The van der Waals surface area contributed by atoms with Gasteiger partial charge >= 0.3 is 0 Å². The minimum absolute atomic E-state index is 0.144. The maximum absolute atomic E-state index is 8.82. The molecule has 124 valence electrons. The molecule has 1 aromatic carbocycles. The van der Waals surface area contributed by atoms with Gasteiger partial charge in [0.05, 0.1) is 12.9 Å². The zero-order chi connectivity index (χ0) is 16.6. The van der Waals surface area contributed by atoms with Crippen molar-refractivity contribution in [3.8, 4) is 5.75 Å². The molecule has 0 amide bonds. The molecule has 1 aromatic rings. The minimum atomic E-state index is 0.144. The maximum atomic E-state index is 8.82. The molecule has 0 heterocycles. The second-order valence-electron chi connectivity index (χ2n) is 7.20. The molecule has 2 heteroatoms. The summed E-state index contributed by atoms with van der Waals surface area (Å²) in [6.07, 6.45) is 7.04. The number of allylic oxidation sites excluding steroid dienone is 1. The number of hydrogen-bond acceptors (Lipinski definition) is 2. The van der Waals surface area contributed by atoms with E-state index in [1.165, 1.54) is 11.1 Å². The number of rotatable bonds is 8. The third-order valence-corrected chi connectivity index (χ3v) is 3.89. The summed E-state index contributed by atoms with van der Waals surface area (Å²) in [6.45, 7) is 11.9. The van der Waals surface area contributed by atoms with Gasteiger partial charge in [-0.1, -0.05) is 53.2 Å². The van der Waals surface area contributed by atoms with Crippen LogP contribution in [0.4, 0.5) is 0 Å². The Morgan fingerprint density at radius 2 is 2.00 bits per heavy atom. The van der Waals surface area contributed by atoms with Crippen LogP contribution in [-0.2, 0) is 11.8 Å². The Kier molecular flexibility index (Phi) is 7.50. The van der Waals surface area contributed by atoms with Crippen LogP contribution in [0.15, 0.2) is 30.5 Å². The summed E-state index contributed by atoms with van der Waals surface area (Å²) >= 11 is 0. The van der Waals surface area contributed by atoms with Gasteiger partial charge in [0.15, 0.2) is 0 Å². The quantitative estimate of drug-likeness (QED) is 0.485. The third-order valence-electron chi connectivity index (χ3n) is 3.89. The molecule has 0 fully saturated rings. The van der Waals surface area contributed by atoms with E-state index >= 15 is 0 Å². The molecule has 0 saturated heterocycles. The van der Waals surface area contributed by atoms with Crippen molar-refractivity contribution < 1.29 is 9.84 Å². The number of unbranched alkanes of at least 4 members (excludes halogenated alkanes) is 1. The summed E-state index contributed by atoms with van der Waals surface area (Å²) in [7, 11) is 0. The number of aliphatic hydroxyl groups excluding tert-OH is 1. The van der Waals surface area contributed by atoms with Gasteiger partial charge in [-0.3, -0.25) is 0 Å². The van der Waals surface area contributed by atoms with Gasteiger partial charge in [0.1, 0.15) is 5.75 Å². The average molecular weight is 304 g/mol. The van der Waals surface area contributed by atoms with Crippen LogP contribution < -0.4 is 4.74 Å². The van der Waals surface area contributed by atoms with E-state index in [1.54, 1.807) is 0 Å². The molecule has 0 aliphatic rings. The second-order valence-corrected chi connectivity index (χ2v) is 7.20. The summed E-state index contributed by atoms with van der Waals surface area (Å²) in [4.78, 5) is 0. The smallest absolute Gasteiger partial charge is 0.122 e. The highest BCUT2D eigenvalue weighted by atomic mass is 16.5. The number of ether oxygens (including phenoxy) is 1. The molecule has 22 heavy (non-hydrogen) atoms. The Hall–Kier alpha value is -1.44. The summed E-state index contributed by atoms with van der Waals surface area (Å²) < 4.78 is 5.98. The molecule has 0 aromatic heterocycles. The van der Waals surface area contributed by atoms with Crippen molar-refractivity contribution in [2.75, 3.05) is 6.61 Å². The lowest BCUT2D eigenvalue weighted by Gasteiger charge is -2.22. The maximum Gasteiger partial charge on any atom is 0.122 e. The molecule has 0 spiro atoms. The van der Waals surface area contributed by atoms with Crippen LogP contribution in [-0.4, -0.2) is 11.7 Å². The molecule has 0 aliphatic carbocycles. The lowest BCUT2D eigenvalue weighted by atomic mass is 9.84. The van der Waals surface area contributed by atoms with Crippen molar-refractivity contribution in [1.29, 1.82) is 0 Å². The topological polar surface area (TPSA) is 29.5 Å². The van der Waals surface area contributed by atoms with Crippen LogP contribution in [0.1, 0.15) is 65.0 Å². The lowest BCUT2D eigenvalue weighted by Crippen LogP contribution is -2.13. The fourth-order valence-electron chi connectivity index (χ4n) is 2.42. The standard InChI is InChI=1S/C20H32O2/c1-6-7-13-22-19-11-10-18(20(3,4)5)15-17(19)14-16(2)9-8-12-21/h8,10-12,15-16,21H,6-7,9,13-14H2,1-5H3. The van der Waals surface area contributed by atoms with Crippen LogP contribution in [0.25, 0.3) is 0 Å². The molecular formula is C20H32O2. The van der Waals surface area contributed by atoms with Crippen LogP contribution in [0.5, 0.6) is 5.75 Å². The largest absolute Gasteiger partial charge is 0.516 e. The molecule has 1 rings (SSSR count). The number of benzene rings is 1. The Bertz CT molecular complexity index is 469. The normalized spacial score (nSPS) is 13.5. The molecule has 0 saturated carbocycles. The lowest BCUT2D eigenvalue weighted by molar-refractivity contribution is 0.304. The van der Waals surface area contributed by atoms with Crippen molar-refractivity contribution in [3.05, 3.63) is 41.7 Å². The van der Waals surface area contributed by atoms with E-state index in [0.29, 0.717) is 5.92 Å². The van der Waals surface area contributed by atoms with E-state index in [-0.39, 0.29) is 5.41 Å². The van der Waals surface area contributed by atoms with Gasteiger partial charge in [-0.15, -0.1) is 0 Å². The van der Waals surface area contributed by atoms with Gasteiger partial charge in [-0.2, -0.15) is 0 Å². The monoisotopic (exact) mass is 304 g/mol. The van der Waals surface area contributed by atoms with Gasteiger partial charge in [-0.25, -0.2) is 0 Å². The molecule has 0 bridgehead atoms. The van der Waals surface area contributed by atoms with Gasteiger partial charge in [0.2, 0.25) is 0 Å². The van der Waals surface area contributed by atoms with Gasteiger partial charge in [-0.05, 0) is 53.9 Å². The molecule has 0 radical (unpaired) electrons. The molecule has 0 aliphatic heterocycles. The predicted octanol–water partition coefficient (Wildman–Crippen LogP) is 5.80. The Balaban J connectivity index is 2.95. The van der Waals surface area contributed by atoms with Crippen LogP contribution in [0, 0.1) is 5.92 Å². The summed E-state index contributed by atoms with van der Waals surface area (Å²) in [5, 5.41) is 8.82. The Morgan fingerprint density at radius 3 is 2.59 bits per heavy atom. The predicted molar refractivity (Wildman–Crippen MR) is 94.8 cm³/mol. The van der Waals surface area contributed by atoms with Crippen LogP contribution >= 0.6 is 0 Å². The average Bonchev–Trinajstić information content (AvgIpc) is 2.45. The first-order valence-corrected chi connectivity index (χ1v) is 8.44. The van der Waals surface area contributed by atoms with E-state index < -0.39 is 0 Å². The van der Waals surface area contributed by atoms with Crippen molar-refractivity contribution in [2.45, 2.75) is 65.7 Å². The summed E-state index contributed by atoms with van der Waals surface area (Å²) in [5.41, 5.74) is 2.77. The van der Waals surface area contributed by atoms with Crippen molar-refractivity contribution in [2.24, 2.45) is 5.92 Å². The highest BCUT2D eigenvalue weighted by Crippen LogP contribution is 2.30. The highest BCUT2D eigenvalue weighted by Gasteiger charge is 2.17. The zero-order valence-electron chi connectivity index (χ0n) is 14.9. The molecule has 2 nitrogen and oxygen atoms in total. The Labute approximate surface area is 136 Å². The van der Waals surface area contributed by atoms with Gasteiger partial charge < -0.3 is 9.84 Å². The molecular weight excluding hydrogens is 272 g/mol. The molecule has 1 atom stereocenters. The third kappa shape index (κ3) is 6.13. The first kappa shape index (κ1) is 18.6. The fourth-order valence-corrected chi connectivity index (χ4v) is 2.42. The van der Waals surface area contributed by atoms with Crippen molar-refractivity contribution >= 4 is 0 Å². The van der Waals surface area contributed by atoms with Crippen LogP contribution in [0.2, 0.25) is 0 Å². The van der Waals surface area contributed by atoms with E-state index in [1.807, 2.05) is 6.08 Å². The van der Waals surface area contributed by atoms with Gasteiger partial charge in [0.25, 0.3) is 0 Å². The molecule has 1 unspecified atom stereocenters. The van der Waals surface area contributed by atoms with Crippen LogP contribution in [0.3, 0.4) is 0 Å². The molecule has 1 N–H and O–H groups in total. The number of aliphatic hydroxyl groups is 1. The van der Waals surface area contributed by atoms with Gasteiger partial charge in [0, 0.05) is 0 Å². The van der Waals surface area contributed by atoms with E-state index in [9.17, 15) is 0 Å². The summed E-state index contributed by atoms with van der Waals surface area (Å²) in [5.74, 6) is 1.49. The summed E-state index contributed by atoms with van der Waals surface area (Å²) in [6, 6.07) is 6.60. The Morgan fingerprint density at radius 1 is 1.27 bits per heavy atom. The first-order valence-electron chi connectivity index (χ1n) is 8.44. The van der Waals surface area contributed by atoms with E-state index in [4.69, 9.17) is 9.84 Å². The first-order chi connectivity index (χ1) is 10.4. The van der Waals surface area contributed by atoms with E-state index in [2.05, 4.69) is 52.8 Å². The number of hydrogen-bond donors (Lipinski definition) is 1. The van der Waals surface area contributed by atoms with Crippen molar-refractivity contribution in [3.63, 3.8) is 0 Å². The van der Waals surface area contributed by atoms with Crippen molar-refractivity contribution in [1.82, 2.24) is 0 Å². The zero-order valence-corrected chi connectivity index (χ0v) is 14.9. The minimum Gasteiger partial charge on any atom is -0.516 e. The van der Waals surface area contributed by atoms with E-state index in [0.717, 1.165) is 44.3 Å².